The fraction of sp³-hybridized carbons (Fsp3) is 0.417. The molecule has 0 heterocycles. The first-order chi connectivity index (χ1) is 8.58. The third-order valence-corrected chi connectivity index (χ3v) is 3.00. The third-order valence-electron chi connectivity index (χ3n) is 2.67. The van der Waals surface area contributed by atoms with Crippen LogP contribution in [0.4, 0.5) is 18.9 Å². The molecule has 0 fully saturated rings. The van der Waals surface area contributed by atoms with Crippen LogP contribution in [0.25, 0.3) is 0 Å². The van der Waals surface area contributed by atoms with Crippen molar-refractivity contribution in [2.24, 2.45) is 11.1 Å². The first kappa shape index (κ1) is 15.8. The van der Waals surface area contributed by atoms with Crippen LogP contribution in [-0.4, -0.2) is 12.5 Å². The van der Waals surface area contributed by atoms with Crippen LogP contribution in [0.5, 0.6) is 0 Å². The average molecular weight is 295 g/mol. The molecule has 0 aliphatic carbocycles. The standard InChI is InChI=1S/C12H14ClF3N2O/c1-11(2,6-17)10(19)18-9-5-7(12(14,15)16)3-4-8(9)13/h3-5H,6,17H2,1-2H3,(H,18,19). The van der Waals surface area contributed by atoms with E-state index in [0.717, 1.165) is 18.2 Å². The molecule has 0 aliphatic rings. The van der Waals surface area contributed by atoms with Crippen LogP contribution < -0.4 is 11.1 Å². The maximum atomic E-state index is 12.6. The van der Waals surface area contributed by atoms with Gasteiger partial charge in [-0.25, -0.2) is 0 Å². The minimum Gasteiger partial charge on any atom is -0.329 e. The lowest BCUT2D eigenvalue weighted by Crippen LogP contribution is -2.37. The normalized spacial score (nSPS) is 12.4. The molecule has 0 spiro atoms. The summed E-state index contributed by atoms with van der Waals surface area (Å²) in [6, 6.07) is 2.74. The zero-order chi connectivity index (χ0) is 14.8. The van der Waals surface area contributed by atoms with E-state index in [4.69, 9.17) is 17.3 Å². The highest BCUT2D eigenvalue weighted by atomic mass is 35.5. The molecule has 0 saturated heterocycles. The predicted octanol–water partition coefficient (Wildman–Crippen LogP) is 3.28. The van der Waals surface area contributed by atoms with Crippen molar-refractivity contribution < 1.29 is 18.0 Å². The van der Waals surface area contributed by atoms with Crippen LogP contribution in [0, 0.1) is 5.41 Å². The van der Waals surface area contributed by atoms with Gasteiger partial charge < -0.3 is 11.1 Å². The molecular formula is C12H14ClF3N2O. The van der Waals surface area contributed by atoms with E-state index in [1.165, 1.54) is 0 Å². The number of amides is 1. The summed E-state index contributed by atoms with van der Waals surface area (Å²) in [5.41, 5.74) is 3.58. The second-order valence-electron chi connectivity index (χ2n) is 4.73. The third kappa shape index (κ3) is 3.84. The summed E-state index contributed by atoms with van der Waals surface area (Å²) in [7, 11) is 0. The molecular weight excluding hydrogens is 281 g/mol. The Morgan fingerprint density at radius 3 is 2.42 bits per heavy atom. The minimum atomic E-state index is -4.49. The molecule has 19 heavy (non-hydrogen) atoms. The van der Waals surface area contributed by atoms with Gasteiger partial charge in [-0.2, -0.15) is 13.2 Å². The molecule has 0 atom stereocenters. The quantitative estimate of drug-likeness (QED) is 0.899. The van der Waals surface area contributed by atoms with E-state index in [-0.39, 0.29) is 17.3 Å². The number of hydrogen-bond donors (Lipinski definition) is 2. The van der Waals surface area contributed by atoms with Crippen molar-refractivity contribution in [1.82, 2.24) is 0 Å². The molecule has 1 aromatic rings. The van der Waals surface area contributed by atoms with E-state index in [1.807, 2.05) is 0 Å². The molecule has 0 aliphatic heterocycles. The van der Waals surface area contributed by atoms with Crippen LogP contribution in [0.1, 0.15) is 19.4 Å². The van der Waals surface area contributed by atoms with E-state index < -0.39 is 23.1 Å². The molecule has 0 aromatic heterocycles. The molecule has 3 nitrogen and oxygen atoms in total. The summed E-state index contributed by atoms with van der Waals surface area (Å²) in [6.45, 7) is 3.24. The Bertz CT molecular complexity index is 486. The van der Waals surface area contributed by atoms with Crippen molar-refractivity contribution in [2.75, 3.05) is 11.9 Å². The van der Waals surface area contributed by atoms with Crippen molar-refractivity contribution >= 4 is 23.2 Å². The Labute approximate surface area is 113 Å². The van der Waals surface area contributed by atoms with Crippen molar-refractivity contribution in [3.8, 4) is 0 Å². The smallest absolute Gasteiger partial charge is 0.329 e. The number of alkyl halides is 3. The van der Waals surface area contributed by atoms with Gasteiger partial charge in [0.15, 0.2) is 0 Å². The van der Waals surface area contributed by atoms with Gasteiger partial charge in [-0.05, 0) is 32.0 Å². The van der Waals surface area contributed by atoms with Gasteiger partial charge in [0.05, 0.1) is 21.7 Å². The molecule has 1 amide bonds. The van der Waals surface area contributed by atoms with Gasteiger partial charge in [0, 0.05) is 6.54 Å². The predicted molar refractivity (Wildman–Crippen MR) is 67.9 cm³/mol. The number of nitrogens with two attached hydrogens (primary N) is 1. The Morgan fingerprint density at radius 1 is 1.37 bits per heavy atom. The van der Waals surface area contributed by atoms with Gasteiger partial charge in [0.2, 0.25) is 5.91 Å². The van der Waals surface area contributed by atoms with Gasteiger partial charge in [0.1, 0.15) is 0 Å². The fourth-order valence-electron chi connectivity index (χ4n) is 1.18. The Hall–Kier alpha value is -1.27. The Balaban J connectivity index is 3.05. The summed E-state index contributed by atoms with van der Waals surface area (Å²) < 4.78 is 37.7. The summed E-state index contributed by atoms with van der Waals surface area (Å²) in [6.07, 6.45) is -4.49. The first-order valence-corrected chi connectivity index (χ1v) is 5.84. The SMILES string of the molecule is CC(C)(CN)C(=O)Nc1cc(C(F)(F)F)ccc1Cl. The number of carbonyl (C=O) groups is 1. The number of anilines is 1. The number of nitrogens with one attached hydrogen (secondary N) is 1. The van der Waals surface area contributed by atoms with E-state index in [0.29, 0.717) is 0 Å². The monoisotopic (exact) mass is 294 g/mol. The van der Waals surface area contributed by atoms with Crippen LogP contribution in [0.3, 0.4) is 0 Å². The van der Waals surface area contributed by atoms with E-state index in [2.05, 4.69) is 5.32 Å². The van der Waals surface area contributed by atoms with Crippen molar-refractivity contribution in [3.05, 3.63) is 28.8 Å². The highest BCUT2D eigenvalue weighted by molar-refractivity contribution is 6.33. The second-order valence-corrected chi connectivity index (χ2v) is 5.14. The molecule has 1 aromatic carbocycles. The lowest BCUT2D eigenvalue weighted by molar-refractivity contribution is -0.137. The van der Waals surface area contributed by atoms with E-state index >= 15 is 0 Å². The molecule has 0 bridgehead atoms. The lowest BCUT2D eigenvalue weighted by atomic mass is 9.92. The number of hydrogen-bond acceptors (Lipinski definition) is 2. The van der Waals surface area contributed by atoms with Crippen LogP contribution >= 0.6 is 11.6 Å². The van der Waals surface area contributed by atoms with Gasteiger partial charge in [0.25, 0.3) is 0 Å². The summed E-state index contributed by atoms with van der Waals surface area (Å²) in [5, 5.41) is 2.40. The van der Waals surface area contributed by atoms with Crippen molar-refractivity contribution in [3.63, 3.8) is 0 Å². The molecule has 0 unspecified atom stereocenters. The van der Waals surface area contributed by atoms with Crippen molar-refractivity contribution in [1.29, 1.82) is 0 Å². The van der Waals surface area contributed by atoms with E-state index in [9.17, 15) is 18.0 Å². The second kappa shape index (κ2) is 5.38. The number of carbonyl (C=O) groups excluding carboxylic acids is 1. The topological polar surface area (TPSA) is 55.1 Å². The maximum absolute atomic E-state index is 12.6. The number of benzene rings is 1. The molecule has 7 heteroatoms. The highest BCUT2D eigenvalue weighted by Gasteiger charge is 2.32. The number of rotatable bonds is 3. The fourth-order valence-corrected chi connectivity index (χ4v) is 1.35. The van der Waals surface area contributed by atoms with Gasteiger partial charge in [-0.3, -0.25) is 4.79 Å². The van der Waals surface area contributed by atoms with Crippen LogP contribution in [-0.2, 0) is 11.0 Å². The highest BCUT2D eigenvalue weighted by Crippen LogP contribution is 2.34. The van der Waals surface area contributed by atoms with Gasteiger partial charge >= 0.3 is 6.18 Å². The first-order valence-electron chi connectivity index (χ1n) is 5.46. The molecule has 0 radical (unpaired) electrons. The summed E-state index contributed by atoms with van der Waals surface area (Å²) in [5.74, 6) is -0.490. The molecule has 106 valence electrons. The molecule has 0 saturated carbocycles. The molecule has 3 N–H and O–H groups in total. The zero-order valence-corrected chi connectivity index (χ0v) is 11.2. The van der Waals surface area contributed by atoms with Crippen LogP contribution in [0.2, 0.25) is 5.02 Å². The van der Waals surface area contributed by atoms with E-state index in [1.54, 1.807) is 13.8 Å². The zero-order valence-electron chi connectivity index (χ0n) is 10.4. The van der Waals surface area contributed by atoms with Gasteiger partial charge in [-0.15, -0.1) is 0 Å². The minimum absolute atomic E-state index is 0.0363. The Kier molecular flexibility index (Phi) is 4.47. The van der Waals surface area contributed by atoms with Crippen LogP contribution in [0.15, 0.2) is 18.2 Å². The lowest BCUT2D eigenvalue weighted by Gasteiger charge is -2.22. The van der Waals surface area contributed by atoms with Gasteiger partial charge in [-0.1, -0.05) is 11.6 Å². The number of halogens is 4. The molecule has 1 rings (SSSR count). The van der Waals surface area contributed by atoms with Crippen molar-refractivity contribution in [2.45, 2.75) is 20.0 Å². The Morgan fingerprint density at radius 2 is 1.95 bits per heavy atom. The average Bonchev–Trinajstić information content (AvgIpc) is 2.30. The summed E-state index contributed by atoms with van der Waals surface area (Å²) >= 11 is 5.77. The maximum Gasteiger partial charge on any atom is 0.416 e. The largest absolute Gasteiger partial charge is 0.416 e. The summed E-state index contributed by atoms with van der Waals surface area (Å²) in [4.78, 5) is 11.8.